The van der Waals surface area contributed by atoms with Crippen LogP contribution in [0, 0.1) is 11.3 Å². The zero-order chi connectivity index (χ0) is 23.4. The fourth-order valence-corrected chi connectivity index (χ4v) is 6.42. The summed E-state index contributed by atoms with van der Waals surface area (Å²) in [5.41, 5.74) is 13.8. The summed E-state index contributed by atoms with van der Waals surface area (Å²) < 4.78 is 2.39. The SMILES string of the molecule is N#Cc1cccc(-n2c3c(c4ccccc42)C=CC=CC3)c1-c1ccc2c(c1)CC1=C2CCCC1. The summed E-state index contributed by atoms with van der Waals surface area (Å²) in [5, 5.41) is 11.4. The van der Waals surface area contributed by atoms with Gasteiger partial charge in [-0.3, -0.25) is 0 Å². The Hall–Kier alpha value is -4.09. The molecule has 0 radical (unpaired) electrons. The van der Waals surface area contributed by atoms with Gasteiger partial charge in [0.2, 0.25) is 0 Å². The summed E-state index contributed by atoms with van der Waals surface area (Å²) >= 11 is 0. The van der Waals surface area contributed by atoms with Crippen LogP contribution in [-0.4, -0.2) is 4.57 Å². The minimum atomic E-state index is 0.726. The molecule has 7 rings (SSSR count). The molecule has 4 aromatic rings. The maximum atomic E-state index is 10.2. The minimum absolute atomic E-state index is 0.726. The molecule has 0 saturated carbocycles. The van der Waals surface area contributed by atoms with Crippen LogP contribution in [0.15, 0.2) is 84.5 Å². The van der Waals surface area contributed by atoms with Gasteiger partial charge in [0.15, 0.2) is 0 Å². The van der Waals surface area contributed by atoms with E-state index in [-0.39, 0.29) is 0 Å². The quantitative estimate of drug-likeness (QED) is 0.303. The largest absolute Gasteiger partial charge is 0.312 e. The van der Waals surface area contributed by atoms with E-state index in [0.717, 1.165) is 35.2 Å². The van der Waals surface area contributed by atoms with Crippen molar-refractivity contribution < 1.29 is 0 Å². The Morgan fingerprint density at radius 1 is 0.886 bits per heavy atom. The molecule has 0 bridgehead atoms. The molecule has 0 saturated heterocycles. The van der Waals surface area contributed by atoms with Crippen molar-refractivity contribution in [3.8, 4) is 22.9 Å². The molecule has 3 aromatic carbocycles. The lowest BCUT2D eigenvalue weighted by molar-refractivity contribution is 0.711. The summed E-state index contributed by atoms with van der Waals surface area (Å²) in [6.45, 7) is 0. The van der Waals surface area contributed by atoms with Crippen LogP contribution in [0.5, 0.6) is 0 Å². The number of allylic oxidation sites excluding steroid dienone is 5. The predicted octanol–water partition coefficient (Wildman–Crippen LogP) is 8.18. The van der Waals surface area contributed by atoms with Gasteiger partial charge in [-0.05, 0) is 72.6 Å². The van der Waals surface area contributed by atoms with E-state index in [9.17, 15) is 5.26 Å². The van der Waals surface area contributed by atoms with Crippen LogP contribution in [0.4, 0.5) is 0 Å². The Balaban J connectivity index is 1.47. The number of hydrogen-bond acceptors (Lipinski definition) is 1. The number of rotatable bonds is 2. The zero-order valence-corrected chi connectivity index (χ0v) is 19.7. The van der Waals surface area contributed by atoms with Crippen molar-refractivity contribution >= 4 is 22.6 Å². The zero-order valence-electron chi connectivity index (χ0n) is 19.7. The normalized spacial score (nSPS) is 16.1. The van der Waals surface area contributed by atoms with Gasteiger partial charge >= 0.3 is 0 Å². The molecule has 0 unspecified atom stereocenters. The number of aromatic nitrogens is 1. The summed E-state index contributed by atoms with van der Waals surface area (Å²) in [6.07, 6.45) is 15.7. The van der Waals surface area contributed by atoms with E-state index < -0.39 is 0 Å². The highest BCUT2D eigenvalue weighted by Gasteiger charge is 2.25. The van der Waals surface area contributed by atoms with Crippen molar-refractivity contribution in [1.82, 2.24) is 4.57 Å². The highest BCUT2D eigenvalue weighted by atomic mass is 15.0. The van der Waals surface area contributed by atoms with E-state index >= 15 is 0 Å². The maximum absolute atomic E-state index is 10.2. The Morgan fingerprint density at radius 3 is 2.74 bits per heavy atom. The van der Waals surface area contributed by atoms with Crippen molar-refractivity contribution in [3.63, 3.8) is 0 Å². The Bertz CT molecular complexity index is 1650. The third kappa shape index (κ3) is 3.08. The van der Waals surface area contributed by atoms with Crippen molar-refractivity contribution in [2.75, 3.05) is 0 Å². The number of nitriles is 1. The van der Waals surface area contributed by atoms with E-state index in [2.05, 4.69) is 83.5 Å². The van der Waals surface area contributed by atoms with Crippen LogP contribution in [0.3, 0.4) is 0 Å². The molecule has 3 aliphatic carbocycles. The maximum Gasteiger partial charge on any atom is 0.0998 e. The van der Waals surface area contributed by atoms with Gasteiger partial charge in [0, 0.05) is 28.6 Å². The van der Waals surface area contributed by atoms with Crippen LogP contribution in [0.25, 0.3) is 39.4 Å². The van der Waals surface area contributed by atoms with E-state index in [1.165, 1.54) is 59.0 Å². The van der Waals surface area contributed by atoms with Crippen LogP contribution in [-0.2, 0) is 12.8 Å². The number of nitrogens with zero attached hydrogens (tertiary/aromatic N) is 2. The fourth-order valence-electron chi connectivity index (χ4n) is 6.42. The molecule has 0 fully saturated rings. The summed E-state index contributed by atoms with van der Waals surface area (Å²) in [5.74, 6) is 0. The van der Waals surface area contributed by atoms with Gasteiger partial charge in [-0.15, -0.1) is 0 Å². The molecule has 0 amide bonds. The van der Waals surface area contributed by atoms with Gasteiger partial charge in [-0.2, -0.15) is 5.26 Å². The van der Waals surface area contributed by atoms with Crippen molar-refractivity contribution in [2.24, 2.45) is 0 Å². The van der Waals surface area contributed by atoms with E-state index in [1.54, 1.807) is 11.1 Å². The van der Waals surface area contributed by atoms with Gasteiger partial charge in [0.25, 0.3) is 0 Å². The third-order valence-electron chi connectivity index (χ3n) is 7.95. The number of fused-ring (bicyclic) bond motifs is 5. The summed E-state index contributed by atoms with van der Waals surface area (Å²) in [7, 11) is 0. The lowest BCUT2D eigenvalue weighted by Crippen LogP contribution is -2.04. The summed E-state index contributed by atoms with van der Waals surface area (Å²) in [4.78, 5) is 0. The predicted molar refractivity (Wildman–Crippen MR) is 144 cm³/mol. The van der Waals surface area contributed by atoms with Crippen LogP contribution >= 0.6 is 0 Å². The van der Waals surface area contributed by atoms with Gasteiger partial charge in [0.05, 0.1) is 22.8 Å². The first kappa shape index (κ1) is 20.3. The van der Waals surface area contributed by atoms with Gasteiger partial charge < -0.3 is 4.57 Å². The molecule has 1 heterocycles. The lowest BCUT2D eigenvalue weighted by Gasteiger charge is -2.18. The molecule has 0 atom stereocenters. The second-order valence-corrected chi connectivity index (χ2v) is 9.85. The molecule has 1 aromatic heterocycles. The highest BCUT2D eigenvalue weighted by Crippen LogP contribution is 2.44. The molecule has 35 heavy (non-hydrogen) atoms. The van der Waals surface area contributed by atoms with E-state index in [0.29, 0.717) is 0 Å². The third-order valence-corrected chi connectivity index (χ3v) is 7.95. The monoisotopic (exact) mass is 450 g/mol. The van der Waals surface area contributed by atoms with Crippen molar-refractivity contribution in [1.29, 1.82) is 5.26 Å². The van der Waals surface area contributed by atoms with E-state index in [4.69, 9.17) is 0 Å². The highest BCUT2D eigenvalue weighted by molar-refractivity contribution is 5.95. The minimum Gasteiger partial charge on any atom is -0.312 e. The molecule has 0 spiro atoms. The number of benzene rings is 3. The van der Waals surface area contributed by atoms with Crippen LogP contribution in [0.2, 0.25) is 0 Å². The summed E-state index contributed by atoms with van der Waals surface area (Å²) in [6, 6.07) is 24.2. The molecule has 2 heteroatoms. The number of hydrogen-bond donors (Lipinski definition) is 0. The lowest BCUT2D eigenvalue weighted by atomic mass is 9.91. The van der Waals surface area contributed by atoms with Crippen LogP contribution in [0.1, 0.15) is 53.6 Å². The molecule has 0 aliphatic heterocycles. The average molecular weight is 451 g/mol. The molecule has 3 aliphatic rings. The molecule has 2 nitrogen and oxygen atoms in total. The topological polar surface area (TPSA) is 28.7 Å². The van der Waals surface area contributed by atoms with Gasteiger partial charge in [-0.1, -0.05) is 72.3 Å². The Morgan fingerprint density at radius 2 is 1.80 bits per heavy atom. The van der Waals surface area contributed by atoms with E-state index in [1.807, 2.05) is 12.1 Å². The second-order valence-electron chi connectivity index (χ2n) is 9.85. The van der Waals surface area contributed by atoms with Crippen LogP contribution < -0.4 is 0 Å². The molecular formula is C33H26N2. The Kier molecular flexibility index (Phi) is 4.64. The molecule has 0 N–H and O–H groups in total. The molecular weight excluding hydrogens is 424 g/mol. The van der Waals surface area contributed by atoms with Gasteiger partial charge in [-0.25, -0.2) is 0 Å². The average Bonchev–Trinajstić information content (AvgIpc) is 3.32. The Labute approximate surface area is 206 Å². The first-order valence-corrected chi connectivity index (χ1v) is 12.7. The first-order chi connectivity index (χ1) is 17.3. The first-order valence-electron chi connectivity index (χ1n) is 12.7. The van der Waals surface area contributed by atoms with Crippen molar-refractivity contribution in [3.05, 3.63) is 112 Å². The standard InChI is InChI=1S/C33H26N2/c34-21-24-10-8-16-32(35-30-14-3-1-2-12-28(30)29-13-6-7-15-31(29)35)33(24)23-17-18-27-25(20-23)19-22-9-4-5-11-26(22)27/h1-3,6-8,10,12-13,15-18,20H,4-5,9,11,14,19H2. The fraction of sp³-hybridized carbons (Fsp3) is 0.182. The molecule has 168 valence electrons. The van der Waals surface area contributed by atoms with Gasteiger partial charge in [0.1, 0.15) is 0 Å². The smallest absolute Gasteiger partial charge is 0.0998 e. The number of para-hydroxylation sites is 1. The van der Waals surface area contributed by atoms with Crippen molar-refractivity contribution in [2.45, 2.75) is 38.5 Å². The second kappa shape index (κ2) is 8.00.